The van der Waals surface area contributed by atoms with E-state index < -0.39 is 22.9 Å². The molecule has 3 nitrogen and oxygen atoms in total. The summed E-state index contributed by atoms with van der Waals surface area (Å²) in [6.07, 6.45) is 0. The zero-order chi connectivity index (χ0) is 18.9. The molecule has 0 bridgehead atoms. The van der Waals surface area contributed by atoms with E-state index in [4.69, 9.17) is 13.0 Å². The van der Waals surface area contributed by atoms with E-state index in [9.17, 15) is 13.2 Å². The molecule has 0 aromatic heterocycles. The summed E-state index contributed by atoms with van der Waals surface area (Å²) in [4.78, 5) is 0. The summed E-state index contributed by atoms with van der Waals surface area (Å²) in [7, 11) is -7.34. The van der Waals surface area contributed by atoms with Crippen molar-refractivity contribution in [2.45, 2.75) is 19.4 Å². The first kappa shape index (κ1) is 19.6. The Bertz CT molecular complexity index is 823. The van der Waals surface area contributed by atoms with Crippen molar-refractivity contribution in [3.63, 3.8) is 0 Å². The number of benzene rings is 2. The van der Waals surface area contributed by atoms with Crippen LogP contribution in [0.2, 0.25) is 0 Å². The molecule has 0 amide bonds. The van der Waals surface area contributed by atoms with Gasteiger partial charge in [0.05, 0.1) is 0 Å². The molecule has 0 fully saturated rings. The van der Waals surface area contributed by atoms with Crippen molar-refractivity contribution in [2.24, 2.45) is 0 Å². The van der Waals surface area contributed by atoms with Crippen LogP contribution in [0, 0.1) is 0 Å². The van der Waals surface area contributed by atoms with Gasteiger partial charge in [-0.05, 0) is 38.1 Å². The monoisotopic (exact) mass is 388 g/mol. The highest BCUT2D eigenvalue weighted by atomic mass is 32.2. The van der Waals surface area contributed by atoms with Crippen molar-refractivity contribution in [2.75, 3.05) is 0 Å². The lowest BCUT2D eigenvalue weighted by Gasteiger charge is -2.11. The number of hydrogen-bond acceptors (Lipinski definition) is 3. The molecule has 0 radical (unpaired) electrons. The second-order valence-electron chi connectivity index (χ2n) is 5.41. The molecule has 0 spiro atoms. The van der Waals surface area contributed by atoms with Gasteiger partial charge in [-0.3, -0.25) is 0 Å². The molecular formula is C17H16F3O3PS. The third-order valence-electron chi connectivity index (χ3n) is 4.05. The lowest BCUT2D eigenvalue weighted by Crippen LogP contribution is -2.21. The first-order chi connectivity index (χ1) is 11.5. The van der Waals surface area contributed by atoms with Gasteiger partial charge in [0, 0.05) is 0 Å². The first-order valence-corrected chi connectivity index (χ1v) is 10.4. The largest absolute Gasteiger partial charge is 0.741 e. The average Bonchev–Trinajstić information content (AvgIpc) is 3.10. The highest BCUT2D eigenvalue weighted by molar-refractivity contribution is 8.02. The Morgan fingerprint density at radius 3 is 1.28 bits per heavy atom. The van der Waals surface area contributed by atoms with Crippen molar-refractivity contribution in [1.29, 1.82) is 0 Å². The van der Waals surface area contributed by atoms with Crippen molar-refractivity contribution in [3.05, 3.63) is 71.3 Å². The van der Waals surface area contributed by atoms with E-state index in [1.807, 2.05) is 0 Å². The molecule has 134 valence electrons. The van der Waals surface area contributed by atoms with Gasteiger partial charge in [-0.1, -0.05) is 36.4 Å². The third kappa shape index (κ3) is 3.78. The molecule has 0 saturated heterocycles. The molecule has 25 heavy (non-hydrogen) atoms. The molecule has 0 unspecified atom stereocenters. The Morgan fingerprint density at radius 2 is 1.08 bits per heavy atom. The van der Waals surface area contributed by atoms with Crippen LogP contribution < -0.4 is 10.6 Å². The fourth-order valence-electron chi connectivity index (χ4n) is 2.72. The summed E-state index contributed by atoms with van der Waals surface area (Å²) in [5.74, 6) is 0. The Hall–Kier alpha value is -1.69. The molecule has 8 heteroatoms. The number of allylic oxidation sites excluding steroid dienone is 2. The number of rotatable bonds is 2. The molecule has 0 saturated carbocycles. The van der Waals surface area contributed by atoms with Crippen molar-refractivity contribution in [3.8, 4) is 0 Å². The fraction of sp³-hybridized carbons (Fsp3) is 0.176. The van der Waals surface area contributed by atoms with Crippen LogP contribution in [-0.4, -0.2) is 18.5 Å². The maximum Gasteiger partial charge on any atom is 0.485 e. The topological polar surface area (TPSA) is 57.2 Å². The predicted molar refractivity (Wildman–Crippen MR) is 93.2 cm³/mol. The number of halogens is 3. The summed E-state index contributed by atoms with van der Waals surface area (Å²) >= 11 is 0. The van der Waals surface area contributed by atoms with Crippen LogP contribution in [0.1, 0.15) is 13.8 Å². The van der Waals surface area contributed by atoms with Gasteiger partial charge in [0.2, 0.25) is 0 Å². The van der Waals surface area contributed by atoms with Crippen LogP contribution >= 0.6 is 7.26 Å². The quantitative estimate of drug-likeness (QED) is 0.444. The van der Waals surface area contributed by atoms with Crippen molar-refractivity contribution < 1.29 is 26.1 Å². The van der Waals surface area contributed by atoms with Crippen molar-refractivity contribution in [1.82, 2.24) is 0 Å². The van der Waals surface area contributed by atoms with E-state index in [-0.39, 0.29) is 0 Å². The second kappa shape index (κ2) is 6.90. The number of alkyl halides is 3. The molecule has 1 aliphatic heterocycles. The Balaban J connectivity index is 0.000000242. The molecular weight excluding hydrogens is 372 g/mol. The Kier molecular flexibility index (Phi) is 5.42. The SMILES string of the molecule is CC1=C(C)[P+]1(c1ccccc1)c1ccccc1.O=S(=O)([O-])C(F)(F)F. The molecule has 2 aromatic carbocycles. The zero-order valence-corrected chi connectivity index (χ0v) is 15.2. The molecule has 0 aliphatic carbocycles. The Labute approximate surface area is 145 Å². The van der Waals surface area contributed by atoms with Gasteiger partial charge in [0.15, 0.2) is 10.1 Å². The second-order valence-corrected chi connectivity index (χ2v) is 10.5. The molecule has 2 aromatic rings. The standard InChI is InChI=1S/C16H16P.CHF3O3S/c1-13-14(2)17(13,15-9-5-3-6-10-15)16-11-7-4-8-12-16;2-1(3,4)8(5,6)7/h3-12H,1-2H3;(H,5,6,7)/q+1;/p-1. The van der Waals surface area contributed by atoms with Crippen LogP contribution in [0.25, 0.3) is 0 Å². The Morgan fingerprint density at radius 1 is 0.800 bits per heavy atom. The maximum absolute atomic E-state index is 10.7. The molecule has 0 atom stereocenters. The molecule has 1 aliphatic rings. The van der Waals surface area contributed by atoms with E-state index in [0.717, 1.165) is 0 Å². The van der Waals surface area contributed by atoms with Gasteiger partial charge in [0.25, 0.3) is 0 Å². The summed E-state index contributed by atoms with van der Waals surface area (Å²) in [5.41, 5.74) is -5.65. The van der Waals surface area contributed by atoms with Crippen LogP contribution in [0.3, 0.4) is 0 Å². The minimum Gasteiger partial charge on any atom is -0.741 e. The van der Waals surface area contributed by atoms with E-state index in [2.05, 4.69) is 74.5 Å². The molecule has 1 heterocycles. The van der Waals surface area contributed by atoms with Crippen LogP contribution in [-0.2, 0) is 10.1 Å². The minimum absolute atomic E-state index is 1.25. The van der Waals surface area contributed by atoms with Gasteiger partial charge in [-0.15, -0.1) is 0 Å². The first-order valence-electron chi connectivity index (χ1n) is 7.24. The number of hydrogen-bond donors (Lipinski definition) is 0. The van der Waals surface area contributed by atoms with Crippen LogP contribution in [0.15, 0.2) is 71.3 Å². The highest BCUT2D eigenvalue weighted by Crippen LogP contribution is 2.83. The van der Waals surface area contributed by atoms with Crippen molar-refractivity contribution >= 4 is 28.0 Å². The van der Waals surface area contributed by atoms with Gasteiger partial charge < -0.3 is 4.55 Å². The van der Waals surface area contributed by atoms with E-state index >= 15 is 0 Å². The highest BCUT2D eigenvalue weighted by Gasteiger charge is 2.62. The van der Waals surface area contributed by atoms with Gasteiger partial charge in [0.1, 0.15) is 28.5 Å². The minimum atomic E-state index is -6.09. The summed E-state index contributed by atoms with van der Waals surface area (Å²) in [6.45, 7) is 4.59. The van der Waals surface area contributed by atoms with E-state index in [0.29, 0.717) is 0 Å². The lowest BCUT2D eigenvalue weighted by molar-refractivity contribution is -0.0517. The smallest absolute Gasteiger partial charge is 0.485 e. The molecule has 3 rings (SSSR count). The summed E-state index contributed by atoms with van der Waals surface area (Å²) in [5, 5.41) is 6.22. The normalized spacial score (nSPS) is 16.1. The zero-order valence-electron chi connectivity index (χ0n) is 13.5. The van der Waals surface area contributed by atoms with Gasteiger partial charge in [-0.25, -0.2) is 8.42 Å². The van der Waals surface area contributed by atoms with Gasteiger partial charge >= 0.3 is 5.51 Å². The predicted octanol–water partition coefficient (Wildman–Crippen LogP) is 3.97. The van der Waals surface area contributed by atoms with Crippen LogP contribution in [0.4, 0.5) is 13.2 Å². The van der Waals surface area contributed by atoms with E-state index in [1.54, 1.807) is 10.6 Å². The summed E-state index contributed by atoms with van der Waals surface area (Å²) in [6, 6.07) is 21.9. The third-order valence-corrected chi connectivity index (χ3v) is 9.22. The fourth-order valence-corrected chi connectivity index (χ4v) is 7.10. The van der Waals surface area contributed by atoms with Crippen LogP contribution in [0.5, 0.6) is 0 Å². The van der Waals surface area contributed by atoms with E-state index in [1.165, 1.54) is 10.6 Å². The maximum atomic E-state index is 10.7. The summed E-state index contributed by atoms with van der Waals surface area (Å²) < 4.78 is 58.9. The van der Waals surface area contributed by atoms with Gasteiger partial charge in [-0.2, -0.15) is 13.2 Å². The average molecular weight is 388 g/mol. The molecule has 0 N–H and O–H groups in total. The lowest BCUT2D eigenvalue weighted by atomic mass is 10.4.